The van der Waals surface area contributed by atoms with Crippen LogP contribution in [0, 0.1) is 0 Å². The van der Waals surface area contributed by atoms with Gasteiger partial charge in [-0.05, 0) is 30.7 Å². The third-order valence-corrected chi connectivity index (χ3v) is 3.29. The summed E-state index contributed by atoms with van der Waals surface area (Å²) in [5, 5.41) is 11.3. The van der Waals surface area contributed by atoms with Crippen LogP contribution >= 0.6 is 15.9 Å². The van der Waals surface area contributed by atoms with E-state index in [1.165, 1.54) is 5.56 Å². The number of nitrogens with zero attached hydrogens (tertiary/aromatic N) is 3. The molecule has 0 aliphatic rings. The van der Waals surface area contributed by atoms with E-state index in [1.807, 2.05) is 24.1 Å². The summed E-state index contributed by atoms with van der Waals surface area (Å²) in [5.74, 6) is 0.620. The van der Waals surface area contributed by atoms with Gasteiger partial charge < -0.3 is 14.6 Å². The fraction of sp³-hybridized carbons (Fsp3) is 0.429. The van der Waals surface area contributed by atoms with Crippen molar-refractivity contribution in [2.75, 3.05) is 18.5 Å². The SMILES string of the molecule is CCCNCc1nnc(N(C)Cc2cccc(Br)c2)o1. The molecule has 1 N–H and O–H groups in total. The highest BCUT2D eigenvalue weighted by atomic mass is 79.9. The van der Waals surface area contributed by atoms with Crippen molar-refractivity contribution in [3.8, 4) is 0 Å². The topological polar surface area (TPSA) is 54.2 Å². The molecule has 0 bridgehead atoms. The van der Waals surface area contributed by atoms with Crippen LogP contribution in [-0.4, -0.2) is 23.8 Å². The number of halogens is 1. The zero-order valence-electron chi connectivity index (χ0n) is 11.8. The van der Waals surface area contributed by atoms with Crippen LogP contribution < -0.4 is 10.2 Å². The average molecular weight is 339 g/mol. The molecule has 0 radical (unpaired) electrons. The van der Waals surface area contributed by atoms with Gasteiger partial charge in [0.05, 0.1) is 6.54 Å². The largest absolute Gasteiger partial charge is 0.407 e. The first-order valence-corrected chi connectivity index (χ1v) is 7.47. The lowest BCUT2D eigenvalue weighted by Gasteiger charge is -2.13. The summed E-state index contributed by atoms with van der Waals surface area (Å²) in [6, 6.07) is 8.71. The molecular weight excluding hydrogens is 320 g/mol. The van der Waals surface area contributed by atoms with Gasteiger partial charge in [0.15, 0.2) is 0 Å². The molecule has 20 heavy (non-hydrogen) atoms. The zero-order chi connectivity index (χ0) is 14.4. The summed E-state index contributed by atoms with van der Waals surface area (Å²) in [6.07, 6.45) is 1.09. The van der Waals surface area contributed by atoms with E-state index in [-0.39, 0.29) is 0 Å². The minimum atomic E-state index is 0.540. The molecule has 5 nitrogen and oxygen atoms in total. The molecule has 1 aromatic heterocycles. The molecule has 0 amide bonds. The third kappa shape index (κ3) is 4.31. The molecule has 6 heteroatoms. The molecule has 0 atom stereocenters. The van der Waals surface area contributed by atoms with Gasteiger partial charge in [-0.1, -0.05) is 40.1 Å². The van der Waals surface area contributed by atoms with Gasteiger partial charge in [0.2, 0.25) is 5.89 Å². The molecule has 0 saturated carbocycles. The second kappa shape index (κ2) is 7.40. The lowest BCUT2D eigenvalue weighted by molar-refractivity contribution is 0.465. The van der Waals surface area contributed by atoms with Crippen molar-refractivity contribution in [3.63, 3.8) is 0 Å². The summed E-state index contributed by atoms with van der Waals surface area (Å²) >= 11 is 3.47. The van der Waals surface area contributed by atoms with E-state index in [1.54, 1.807) is 0 Å². The Morgan fingerprint density at radius 3 is 2.95 bits per heavy atom. The fourth-order valence-corrected chi connectivity index (χ4v) is 2.27. The predicted molar refractivity (Wildman–Crippen MR) is 82.5 cm³/mol. The smallest absolute Gasteiger partial charge is 0.318 e. The van der Waals surface area contributed by atoms with Gasteiger partial charge in [0.1, 0.15) is 0 Å². The van der Waals surface area contributed by atoms with Gasteiger partial charge in [-0.2, -0.15) is 0 Å². The average Bonchev–Trinajstić information content (AvgIpc) is 2.88. The molecule has 0 unspecified atom stereocenters. The Bertz CT molecular complexity index is 543. The molecule has 1 aromatic carbocycles. The normalized spacial score (nSPS) is 10.8. The summed E-state index contributed by atoms with van der Waals surface area (Å²) in [7, 11) is 1.94. The molecule has 0 spiro atoms. The van der Waals surface area contributed by atoms with E-state index >= 15 is 0 Å². The molecule has 0 aliphatic heterocycles. The van der Waals surface area contributed by atoms with Crippen LogP contribution in [-0.2, 0) is 13.1 Å². The van der Waals surface area contributed by atoms with Gasteiger partial charge in [-0.3, -0.25) is 0 Å². The highest BCUT2D eigenvalue weighted by Crippen LogP contribution is 2.16. The van der Waals surface area contributed by atoms with E-state index in [0.29, 0.717) is 18.5 Å². The molecule has 2 rings (SSSR count). The van der Waals surface area contributed by atoms with Crippen LogP contribution in [0.4, 0.5) is 6.01 Å². The maximum Gasteiger partial charge on any atom is 0.318 e. The molecule has 0 saturated heterocycles. The lowest BCUT2D eigenvalue weighted by Crippen LogP contribution is -2.16. The first-order valence-electron chi connectivity index (χ1n) is 6.67. The third-order valence-electron chi connectivity index (χ3n) is 2.79. The summed E-state index contributed by atoms with van der Waals surface area (Å²) in [4.78, 5) is 1.94. The van der Waals surface area contributed by atoms with Crippen molar-refractivity contribution in [3.05, 3.63) is 40.2 Å². The van der Waals surface area contributed by atoms with Crippen LogP contribution in [0.15, 0.2) is 33.2 Å². The maximum absolute atomic E-state index is 5.62. The van der Waals surface area contributed by atoms with Gasteiger partial charge in [-0.25, -0.2) is 0 Å². The van der Waals surface area contributed by atoms with Crippen LogP contribution in [0.1, 0.15) is 24.8 Å². The number of rotatable bonds is 7. The highest BCUT2D eigenvalue weighted by Gasteiger charge is 2.11. The molecule has 1 heterocycles. The Kier molecular flexibility index (Phi) is 5.55. The number of hydrogen-bond acceptors (Lipinski definition) is 5. The molecule has 0 aliphatic carbocycles. The number of benzene rings is 1. The van der Waals surface area contributed by atoms with Gasteiger partial charge in [-0.15, -0.1) is 5.10 Å². The predicted octanol–water partition coefficient (Wildman–Crippen LogP) is 2.97. The lowest BCUT2D eigenvalue weighted by atomic mass is 10.2. The molecule has 108 valence electrons. The van der Waals surface area contributed by atoms with Gasteiger partial charge in [0, 0.05) is 18.1 Å². The zero-order valence-corrected chi connectivity index (χ0v) is 13.4. The molecule has 2 aromatic rings. The summed E-state index contributed by atoms with van der Waals surface area (Å²) in [5.41, 5.74) is 1.19. The Hall–Kier alpha value is -1.40. The van der Waals surface area contributed by atoms with Crippen molar-refractivity contribution in [2.45, 2.75) is 26.4 Å². The van der Waals surface area contributed by atoms with Crippen molar-refractivity contribution in [1.82, 2.24) is 15.5 Å². The highest BCUT2D eigenvalue weighted by molar-refractivity contribution is 9.10. The van der Waals surface area contributed by atoms with Crippen LogP contribution in [0.5, 0.6) is 0 Å². The second-order valence-electron chi connectivity index (χ2n) is 4.64. The van der Waals surface area contributed by atoms with Crippen molar-refractivity contribution < 1.29 is 4.42 Å². The first-order chi connectivity index (χ1) is 9.69. The minimum absolute atomic E-state index is 0.540. The Balaban J connectivity index is 1.93. The standard InChI is InChI=1S/C14H19BrN4O/c1-3-7-16-9-13-17-18-14(20-13)19(2)10-11-5-4-6-12(15)8-11/h4-6,8,16H,3,7,9-10H2,1-2H3. The van der Waals surface area contributed by atoms with Crippen LogP contribution in [0.3, 0.4) is 0 Å². The van der Waals surface area contributed by atoms with Crippen molar-refractivity contribution in [1.29, 1.82) is 0 Å². The summed E-state index contributed by atoms with van der Waals surface area (Å²) < 4.78 is 6.69. The minimum Gasteiger partial charge on any atom is -0.407 e. The van der Waals surface area contributed by atoms with E-state index in [0.717, 1.165) is 24.0 Å². The van der Waals surface area contributed by atoms with Crippen molar-refractivity contribution >= 4 is 21.9 Å². The fourth-order valence-electron chi connectivity index (χ4n) is 1.82. The molecule has 0 fully saturated rings. The van der Waals surface area contributed by atoms with E-state index < -0.39 is 0 Å². The van der Waals surface area contributed by atoms with Crippen molar-refractivity contribution in [2.24, 2.45) is 0 Å². The Morgan fingerprint density at radius 1 is 1.35 bits per heavy atom. The van der Waals surface area contributed by atoms with Crippen LogP contribution in [0.25, 0.3) is 0 Å². The summed E-state index contributed by atoms with van der Waals surface area (Å²) in [6.45, 7) is 4.42. The van der Waals surface area contributed by atoms with E-state index in [4.69, 9.17) is 4.42 Å². The van der Waals surface area contributed by atoms with E-state index in [9.17, 15) is 0 Å². The maximum atomic E-state index is 5.62. The molecular formula is C14H19BrN4O. The Labute approximate surface area is 127 Å². The van der Waals surface area contributed by atoms with Gasteiger partial charge in [0.25, 0.3) is 0 Å². The number of aromatic nitrogens is 2. The number of anilines is 1. The monoisotopic (exact) mass is 338 g/mol. The van der Waals surface area contributed by atoms with Crippen LogP contribution in [0.2, 0.25) is 0 Å². The first kappa shape index (κ1) is 15.0. The number of nitrogens with one attached hydrogen (secondary N) is 1. The van der Waals surface area contributed by atoms with E-state index in [2.05, 4.69) is 50.5 Å². The number of hydrogen-bond donors (Lipinski definition) is 1. The second-order valence-corrected chi connectivity index (χ2v) is 5.56. The Morgan fingerprint density at radius 2 is 2.20 bits per heavy atom. The quantitative estimate of drug-likeness (QED) is 0.786. The van der Waals surface area contributed by atoms with Gasteiger partial charge >= 0.3 is 6.01 Å².